The summed E-state index contributed by atoms with van der Waals surface area (Å²) in [5, 5.41) is 1.04. The predicted molar refractivity (Wildman–Crippen MR) is 103 cm³/mol. The molecule has 0 fully saturated rings. The van der Waals surface area contributed by atoms with E-state index in [0.29, 0.717) is 5.69 Å². The Morgan fingerprint density at radius 3 is 2.31 bits per heavy atom. The normalized spacial score (nSPS) is 12.7. The number of carbonyl (C=O) groups is 2. The fraction of sp³-hybridized carbons (Fsp3) is 0.381. The van der Waals surface area contributed by atoms with Crippen LogP contribution >= 0.6 is 0 Å². The molecule has 0 bridgehead atoms. The van der Waals surface area contributed by atoms with E-state index in [4.69, 9.17) is 4.74 Å². The van der Waals surface area contributed by atoms with Gasteiger partial charge in [0.15, 0.2) is 6.10 Å². The van der Waals surface area contributed by atoms with Crippen molar-refractivity contribution in [2.75, 3.05) is 0 Å². The van der Waals surface area contributed by atoms with Gasteiger partial charge in [-0.25, -0.2) is 9.78 Å². The zero-order chi connectivity index (χ0) is 19.3. The number of nitrogens with zero attached hydrogens (tertiary/aromatic N) is 2. The van der Waals surface area contributed by atoms with E-state index < -0.39 is 12.1 Å². The summed E-state index contributed by atoms with van der Waals surface area (Å²) in [5.41, 5.74) is 1.52. The molecule has 0 aliphatic heterocycles. The van der Waals surface area contributed by atoms with Crippen LogP contribution in [0.4, 0.5) is 0 Å². The molecule has 0 spiro atoms. The number of fused-ring (bicyclic) bond motifs is 1. The van der Waals surface area contributed by atoms with E-state index in [-0.39, 0.29) is 18.0 Å². The molecule has 2 rings (SSSR count). The van der Waals surface area contributed by atoms with Gasteiger partial charge in [-0.05, 0) is 52.8 Å². The lowest BCUT2D eigenvalue weighted by molar-refractivity contribution is -0.157. The number of pyridine rings is 1. The predicted octanol–water partition coefficient (Wildman–Crippen LogP) is 3.83. The van der Waals surface area contributed by atoms with Crippen molar-refractivity contribution in [2.45, 2.75) is 52.8 Å². The molecule has 0 saturated heterocycles. The molecule has 2 aromatic rings. The number of hydrogen-bond acceptors (Lipinski definition) is 4. The third kappa shape index (κ3) is 4.91. The van der Waals surface area contributed by atoms with E-state index >= 15 is 0 Å². The van der Waals surface area contributed by atoms with E-state index in [1.54, 1.807) is 17.9 Å². The van der Waals surface area contributed by atoms with Crippen LogP contribution in [-0.2, 0) is 14.3 Å². The zero-order valence-electron chi connectivity index (χ0n) is 16.0. The summed E-state index contributed by atoms with van der Waals surface area (Å²) in [6, 6.07) is 11.6. The lowest BCUT2D eigenvalue weighted by Crippen LogP contribution is -2.47. The van der Waals surface area contributed by atoms with Crippen molar-refractivity contribution in [2.24, 2.45) is 0 Å². The Kier molecular flexibility index (Phi) is 6.50. The summed E-state index contributed by atoms with van der Waals surface area (Å²) < 4.78 is 5.26. The van der Waals surface area contributed by atoms with E-state index in [0.717, 1.165) is 10.9 Å². The van der Waals surface area contributed by atoms with Crippen LogP contribution in [0.3, 0.4) is 0 Å². The minimum atomic E-state index is -0.832. The highest BCUT2D eigenvalue weighted by Crippen LogP contribution is 2.13. The number of ether oxygens (including phenoxy) is 1. The maximum Gasteiger partial charge on any atom is 0.331 e. The molecule has 0 N–H and O–H groups in total. The summed E-state index contributed by atoms with van der Waals surface area (Å²) in [4.78, 5) is 30.7. The molecule has 1 amide bonds. The van der Waals surface area contributed by atoms with Crippen LogP contribution in [0.2, 0.25) is 0 Å². The number of esters is 1. The molecule has 0 saturated carbocycles. The van der Waals surface area contributed by atoms with Crippen LogP contribution in [-0.4, -0.2) is 39.9 Å². The van der Waals surface area contributed by atoms with Gasteiger partial charge in [-0.2, -0.15) is 0 Å². The molecule has 1 atom stereocenters. The van der Waals surface area contributed by atoms with Crippen molar-refractivity contribution >= 4 is 28.9 Å². The Labute approximate surface area is 154 Å². The monoisotopic (exact) mass is 354 g/mol. The lowest BCUT2D eigenvalue weighted by atomic mass is 10.2. The third-order valence-corrected chi connectivity index (χ3v) is 4.02. The minimum Gasteiger partial charge on any atom is -0.449 e. The summed E-state index contributed by atoms with van der Waals surface area (Å²) >= 11 is 0. The second kappa shape index (κ2) is 8.61. The van der Waals surface area contributed by atoms with Gasteiger partial charge in [-0.15, -0.1) is 0 Å². The number of hydrogen-bond donors (Lipinski definition) is 0. The van der Waals surface area contributed by atoms with E-state index in [1.807, 2.05) is 64.1 Å². The van der Waals surface area contributed by atoms with Gasteiger partial charge in [0.1, 0.15) is 0 Å². The molecule has 0 aliphatic rings. The first kappa shape index (κ1) is 19.6. The number of para-hydroxylation sites is 1. The molecule has 1 heterocycles. The summed E-state index contributed by atoms with van der Waals surface area (Å²) in [6.45, 7) is 9.37. The molecule has 1 aromatic heterocycles. The molecular formula is C21H26N2O3. The highest BCUT2D eigenvalue weighted by atomic mass is 16.5. The van der Waals surface area contributed by atoms with Gasteiger partial charge in [0.25, 0.3) is 5.91 Å². The SMILES string of the molecule is CC(OC(=O)/C=C/c1ccc2ccccc2n1)C(=O)N(C(C)C)C(C)C. The van der Waals surface area contributed by atoms with Gasteiger partial charge in [-0.3, -0.25) is 4.79 Å². The second-order valence-electron chi connectivity index (χ2n) is 6.77. The Bertz CT molecular complexity index is 804. The standard InChI is InChI=1S/C21H26N2O3/c1-14(2)23(15(3)4)21(25)16(5)26-20(24)13-12-18-11-10-17-8-6-7-9-19(17)22-18/h6-16H,1-5H3/b13-12+. The maximum absolute atomic E-state index is 12.5. The van der Waals surface area contributed by atoms with Crippen LogP contribution in [0.25, 0.3) is 17.0 Å². The third-order valence-electron chi connectivity index (χ3n) is 4.02. The van der Waals surface area contributed by atoms with Crippen molar-refractivity contribution in [3.8, 4) is 0 Å². The van der Waals surface area contributed by atoms with E-state index in [9.17, 15) is 9.59 Å². The van der Waals surface area contributed by atoms with Crippen LogP contribution < -0.4 is 0 Å². The van der Waals surface area contributed by atoms with Gasteiger partial charge >= 0.3 is 5.97 Å². The average molecular weight is 354 g/mol. The first-order valence-corrected chi connectivity index (χ1v) is 8.86. The van der Waals surface area contributed by atoms with Crippen molar-refractivity contribution < 1.29 is 14.3 Å². The van der Waals surface area contributed by atoms with Crippen molar-refractivity contribution in [1.82, 2.24) is 9.88 Å². The highest BCUT2D eigenvalue weighted by Gasteiger charge is 2.27. The highest BCUT2D eigenvalue weighted by molar-refractivity contribution is 5.90. The largest absolute Gasteiger partial charge is 0.449 e. The first-order valence-electron chi connectivity index (χ1n) is 8.86. The maximum atomic E-state index is 12.5. The Hall–Kier alpha value is -2.69. The van der Waals surface area contributed by atoms with Crippen molar-refractivity contribution in [3.63, 3.8) is 0 Å². The summed E-state index contributed by atoms with van der Waals surface area (Å²) in [6.07, 6.45) is 2.06. The molecule has 0 aliphatic carbocycles. The second-order valence-corrected chi connectivity index (χ2v) is 6.77. The fourth-order valence-electron chi connectivity index (χ4n) is 2.91. The van der Waals surface area contributed by atoms with Crippen molar-refractivity contribution in [1.29, 1.82) is 0 Å². The number of carbonyl (C=O) groups excluding carboxylic acids is 2. The average Bonchev–Trinajstić information content (AvgIpc) is 2.59. The Balaban J connectivity index is 2.02. The molecule has 5 heteroatoms. The van der Waals surface area contributed by atoms with Crippen LogP contribution in [0.5, 0.6) is 0 Å². The molecule has 26 heavy (non-hydrogen) atoms. The zero-order valence-corrected chi connectivity index (χ0v) is 16.0. The van der Waals surface area contributed by atoms with Crippen LogP contribution in [0.15, 0.2) is 42.5 Å². The molecule has 5 nitrogen and oxygen atoms in total. The first-order chi connectivity index (χ1) is 12.3. The van der Waals surface area contributed by atoms with Gasteiger partial charge in [0.2, 0.25) is 0 Å². The topological polar surface area (TPSA) is 59.5 Å². The Morgan fingerprint density at radius 1 is 1.00 bits per heavy atom. The number of aromatic nitrogens is 1. The van der Waals surface area contributed by atoms with E-state index in [1.165, 1.54) is 6.08 Å². The summed E-state index contributed by atoms with van der Waals surface area (Å²) in [7, 11) is 0. The van der Waals surface area contributed by atoms with Gasteiger partial charge < -0.3 is 9.64 Å². The smallest absolute Gasteiger partial charge is 0.331 e. The molecule has 138 valence electrons. The molecule has 1 unspecified atom stereocenters. The van der Waals surface area contributed by atoms with Gasteiger partial charge in [0, 0.05) is 23.5 Å². The van der Waals surface area contributed by atoms with E-state index in [2.05, 4.69) is 4.98 Å². The number of rotatable bonds is 6. The molecule has 1 aromatic carbocycles. The van der Waals surface area contributed by atoms with Gasteiger partial charge in [-0.1, -0.05) is 24.3 Å². The Morgan fingerprint density at radius 2 is 1.65 bits per heavy atom. The summed E-state index contributed by atoms with van der Waals surface area (Å²) in [5.74, 6) is -0.756. The van der Waals surface area contributed by atoms with Crippen molar-refractivity contribution in [3.05, 3.63) is 48.2 Å². The minimum absolute atomic E-state index is 0.0426. The number of benzene rings is 1. The lowest BCUT2D eigenvalue weighted by Gasteiger charge is -2.32. The fourth-order valence-corrected chi connectivity index (χ4v) is 2.91. The number of amides is 1. The quantitative estimate of drug-likeness (QED) is 0.584. The van der Waals surface area contributed by atoms with Crippen LogP contribution in [0.1, 0.15) is 40.3 Å². The van der Waals surface area contributed by atoms with Crippen LogP contribution in [0, 0.1) is 0 Å². The van der Waals surface area contributed by atoms with Gasteiger partial charge in [0.05, 0.1) is 11.2 Å². The molecular weight excluding hydrogens is 328 g/mol. The molecule has 0 radical (unpaired) electrons.